The van der Waals surface area contributed by atoms with Gasteiger partial charge in [-0.05, 0) is 59.7 Å². The highest BCUT2D eigenvalue weighted by Crippen LogP contribution is 2.29. The summed E-state index contributed by atoms with van der Waals surface area (Å²) >= 11 is 6.02. The molecule has 3 aromatic heterocycles. The van der Waals surface area contributed by atoms with Crippen LogP contribution < -0.4 is 0 Å². The Kier molecular flexibility index (Phi) is 5.76. The van der Waals surface area contributed by atoms with Crippen molar-refractivity contribution in [3.63, 3.8) is 0 Å². The number of halogens is 2. The fraction of sp³-hybridized carbons (Fsp3) is 0. The molecule has 128 valence electrons. The van der Waals surface area contributed by atoms with Gasteiger partial charge in [0.05, 0.1) is 22.8 Å². The van der Waals surface area contributed by atoms with Crippen LogP contribution in [0.1, 0.15) is 0 Å². The predicted molar refractivity (Wildman–Crippen MR) is 111 cm³/mol. The van der Waals surface area contributed by atoms with Crippen molar-refractivity contribution in [3.05, 3.63) is 90.2 Å². The van der Waals surface area contributed by atoms with Gasteiger partial charge < -0.3 is 0 Å². The van der Waals surface area contributed by atoms with Crippen LogP contribution in [-0.2, 0) is 0 Å². The van der Waals surface area contributed by atoms with Crippen LogP contribution in [0, 0.1) is 0 Å². The first-order valence-electron chi connectivity index (χ1n) is 7.90. The first kappa shape index (κ1) is 18.2. The fourth-order valence-electron chi connectivity index (χ4n) is 2.63. The van der Waals surface area contributed by atoms with Crippen LogP contribution in [-0.4, -0.2) is 15.0 Å². The predicted octanol–water partition coefficient (Wildman–Crippen LogP) is 6.10. The average Bonchev–Trinajstić information content (AvgIpc) is 2.69. The van der Waals surface area contributed by atoms with Gasteiger partial charge in [0.2, 0.25) is 0 Å². The van der Waals surface area contributed by atoms with Crippen LogP contribution in [0.25, 0.3) is 33.9 Å². The lowest BCUT2D eigenvalue weighted by atomic mass is 10.0. The molecule has 0 radical (unpaired) electrons. The highest BCUT2D eigenvalue weighted by atomic mass is 79.9. The van der Waals surface area contributed by atoms with Crippen molar-refractivity contribution in [2.75, 3.05) is 0 Å². The molecule has 0 aliphatic rings. The van der Waals surface area contributed by atoms with E-state index in [0.29, 0.717) is 5.02 Å². The molecular formula is C21H15BrClN3. The van der Waals surface area contributed by atoms with Crippen LogP contribution in [0.2, 0.25) is 5.02 Å². The van der Waals surface area contributed by atoms with Gasteiger partial charge in [-0.1, -0.05) is 35.9 Å². The Hall–Kier alpha value is -2.56. The topological polar surface area (TPSA) is 38.7 Å². The third-order valence-corrected chi connectivity index (χ3v) is 4.11. The van der Waals surface area contributed by atoms with Crippen LogP contribution in [0.3, 0.4) is 0 Å². The second-order valence-electron chi connectivity index (χ2n) is 5.56. The van der Waals surface area contributed by atoms with Crippen LogP contribution in [0.5, 0.6) is 0 Å². The van der Waals surface area contributed by atoms with E-state index in [1.807, 2.05) is 72.8 Å². The monoisotopic (exact) mass is 423 g/mol. The molecule has 0 bridgehead atoms. The summed E-state index contributed by atoms with van der Waals surface area (Å²) in [7, 11) is 0. The summed E-state index contributed by atoms with van der Waals surface area (Å²) < 4.78 is 0. The Bertz CT molecular complexity index is 933. The third-order valence-electron chi connectivity index (χ3n) is 3.86. The molecule has 0 saturated carbocycles. The molecule has 26 heavy (non-hydrogen) atoms. The second kappa shape index (κ2) is 8.21. The molecule has 0 atom stereocenters. The number of nitrogens with zero attached hydrogens (tertiary/aromatic N) is 3. The minimum Gasteiger partial charge on any atom is -0.255 e. The molecule has 4 rings (SSSR count). The number of hydrogen-bond donors (Lipinski definition) is 0. The third kappa shape index (κ3) is 3.98. The largest absolute Gasteiger partial charge is 0.255 e. The minimum atomic E-state index is 0. The van der Waals surface area contributed by atoms with Gasteiger partial charge in [-0.3, -0.25) is 9.97 Å². The standard InChI is InChI=1S/C21H14ClN3.BrH/c22-17-9-7-15(8-10-17)16-13-20(18-5-1-3-11-23-18)25-21(14-16)19-6-2-4-12-24-19;/h1-14H;1H. The first-order chi connectivity index (χ1) is 12.3. The smallest absolute Gasteiger partial charge is 0.0900 e. The Morgan fingerprint density at radius 3 is 1.58 bits per heavy atom. The fourth-order valence-corrected chi connectivity index (χ4v) is 2.76. The maximum atomic E-state index is 6.02. The molecule has 0 saturated heterocycles. The quantitative estimate of drug-likeness (QED) is 0.398. The summed E-state index contributed by atoms with van der Waals surface area (Å²) in [4.78, 5) is 13.6. The van der Waals surface area contributed by atoms with Crippen LogP contribution in [0.15, 0.2) is 85.2 Å². The van der Waals surface area contributed by atoms with Crippen LogP contribution >= 0.6 is 28.6 Å². The summed E-state index contributed by atoms with van der Waals surface area (Å²) in [5, 5.41) is 0.715. The van der Waals surface area contributed by atoms with E-state index in [-0.39, 0.29) is 17.0 Å². The van der Waals surface area contributed by atoms with Crippen molar-refractivity contribution in [2.24, 2.45) is 0 Å². The zero-order valence-electron chi connectivity index (χ0n) is 13.7. The van der Waals surface area contributed by atoms with Crippen molar-refractivity contribution in [3.8, 4) is 33.9 Å². The maximum Gasteiger partial charge on any atom is 0.0900 e. The van der Waals surface area contributed by atoms with E-state index in [1.54, 1.807) is 12.4 Å². The van der Waals surface area contributed by atoms with Gasteiger partial charge in [0.1, 0.15) is 0 Å². The molecule has 0 fully saturated rings. The van der Waals surface area contributed by atoms with Gasteiger partial charge >= 0.3 is 0 Å². The number of hydrogen-bond acceptors (Lipinski definition) is 3. The normalized spacial score (nSPS) is 10.2. The molecule has 3 nitrogen and oxygen atoms in total. The van der Waals surface area contributed by atoms with Crippen molar-refractivity contribution in [2.45, 2.75) is 0 Å². The summed E-state index contributed by atoms with van der Waals surface area (Å²) in [5.74, 6) is 0. The summed E-state index contributed by atoms with van der Waals surface area (Å²) in [6.45, 7) is 0. The Balaban J connectivity index is 0.00000196. The number of benzene rings is 1. The van der Waals surface area contributed by atoms with Gasteiger partial charge in [0, 0.05) is 17.4 Å². The lowest BCUT2D eigenvalue weighted by Crippen LogP contribution is -1.93. The van der Waals surface area contributed by atoms with Gasteiger partial charge in [0.15, 0.2) is 0 Å². The van der Waals surface area contributed by atoms with Crippen molar-refractivity contribution in [1.82, 2.24) is 15.0 Å². The molecule has 4 aromatic rings. The highest BCUT2D eigenvalue weighted by Gasteiger charge is 2.10. The SMILES string of the molecule is Br.Clc1ccc(-c2cc(-c3ccccn3)nc(-c3ccccn3)c2)cc1. The molecule has 0 amide bonds. The summed E-state index contributed by atoms with van der Waals surface area (Å²) in [6, 6.07) is 23.5. The number of pyridine rings is 3. The van der Waals surface area contributed by atoms with E-state index in [2.05, 4.69) is 9.97 Å². The minimum absolute atomic E-state index is 0. The zero-order chi connectivity index (χ0) is 17.1. The van der Waals surface area contributed by atoms with Gasteiger partial charge in [0.25, 0.3) is 0 Å². The molecule has 0 aliphatic carbocycles. The van der Waals surface area contributed by atoms with Crippen molar-refractivity contribution >= 4 is 28.6 Å². The van der Waals surface area contributed by atoms with Gasteiger partial charge in [-0.2, -0.15) is 0 Å². The summed E-state index contributed by atoms with van der Waals surface area (Å²) in [5.41, 5.74) is 5.41. The zero-order valence-corrected chi connectivity index (χ0v) is 16.2. The van der Waals surface area contributed by atoms with Gasteiger partial charge in [-0.15, -0.1) is 17.0 Å². The van der Waals surface area contributed by atoms with E-state index >= 15 is 0 Å². The lowest BCUT2D eigenvalue weighted by molar-refractivity contribution is 1.22. The van der Waals surface area contributed by atoms with E-state index < -0.39 is 0 Å². The Morgan fingerprint density at radius 1 is 0.577 bits per heavy atom. The number of rotatable bonds is 3. The summed E-state index contributed by atoms with van der Waals surface area (Å²) in [6.07, 6.45) is 3.54. The molecule has 5 heteroatoms. The van der Waals surface area contributed by atoms with E-state index in [9.17, 15) is 0 Å². The lowest BCUT2D eigenvalue weighted by Gasteiger charge is -2.09. The molecule has 0 spiro atoms. The van der Waals surface area contributed by atoms with E-state index in [4.69, 9.17) is 16.6 Å². The van der Waals surface area contributed by atoms with Crippen molar-refractivity contribution < 1.29 is 0 Å². The van der Waals surface area contributed by atoms with E-state index in [1.165, 1.54) is 0 Å². The second-order valence-corrected chi connectivity index (χ2v) is 6.00. The molecule has 3 heterocycles. The molecule has 0 aliphatic heterocycles. The first-order valence-corrected chi connectivity index (χ1v) is 8.28. The molecule has 0 unspecified atom stereocenters. The highest BCUT2D eigenvalue weighted by molar-refractivity contribution is 8.93. The molecule has 1 aromatic carbocycles. The Labute approximate surface area is 167 Å². The number of aromatic nitrogens is 3. The van der Waals surface area contributed by atoms with E-state index in [0.717, 1.165) is 33.9 Å². The average molecular weight is 425 g/mol. The molecule has 0 N–H and O–H groups in total. The molecular weight excluding hydrogens is 410 g/mol. The van der Waals surface area contributed by atoms with Crippen molar-refractivity contribution in [1.29, 1.82) is 0 Å². The van der Waals surface area contributed by atoms with Crippen LogP contribution in [0.4, 0.5) is 0 Å². The maximum absolute atomic E-state index is 6.02. The Morgan fingerprint density at radius 2 is 1.12 bits per heavy atom. The van der Waals surface area contributed by atoms with Gasteiger partial charge in [-0.25, -0.2) is 4.98 Å².